The summed E-state index contributed by atoms with van der Waals surface area (Å²) in [6.45, 7) is 4.03. The zero-order valence-corrected chi connectivity index (χ0v) is 14.2. The molecule has 0 bridgehead atoms. The number of amides is 1. The molecule has 132 valence electrons. The van der Waals surface area contributed by atoms with Gasteiger partial charge in [-0.3, -0.25) is 4.79 Å². The zero-order chi connectivity index (χ0) is 18.0. The normalized spacial score (nSPS) is 16.0. The van der Waals surface area contributed by atoms with Gasteiger partial charge in [0.2, 0.25) is 5.91 Å². The molecule has 0 unspecified atom stereocenters. The molecule has 0 radical (unpaired) electrons. The molecule has 1 aliphatic rings. The molecule has 1 aromatic heterocycles. The minimum Gasteiger partial charge on any atom is -0.493 e. The monoisotopic (exact) mass is 345 g/mol. The second kappa shape index (κ2) is 7.04. The molecule has 0 saturated carbocycles. The molecule has 2 aromatic rings. The first kappa shape index (κ1) is 17.1. The van der Waals surface area contributed by atoms with Crippen LogP contribution in [0.1, 0.15) is 41.4 Å². The molecule has 0 fully saturated rings. The third-order valence-electron chi connectivity index (χ3n) is 4.40. The number of hydrogen-bond acceptors (Lipinski definition) is 4. The number of carbonyl (C=O) groups excluding carboxylic acids is 1. The van der Waals surface area contributed by atoms with Gasteiger partial charge in [-0.1, -0.05) is 0 Å². The molecule has 0 spiro atoms. The van der Waals surface area contributed by atoms with Gasteiger partial charge in [-0.2, -0.15) is 4.98 Å². The maximum atomic E-state index is 13.5. The van der Waals surface area contributed by atoms with Gasteiger partial charge in [0.1, 0.15) is 11.6 Å². The lowest BCUT2D eigenvalue weighted by atomic mass is 9.99. The Bertz CT molecular complexity index is 837. The Morgan fingerprint density at radius 3 is 3.00 bits per heavy atom. The van der Waals surface area contributed by atoms with Gasteiger partial charge in [0.25, 0.3) is 0 Å². The number of aryl methyl sites for hydroxylation is 2. The molecule has 6 nitrogen and oxygen atoms in total. The van der Waals surface area contributed by atoms with E-state index in [-0.39, 0.29) is 29.9 Å². The second-order valence-electron chi connectivity index (χ2n) is 6.17. The highest BCUT2D eigenvalue weighted by atomic mass is 19.1. The molecule has 2 heterocycles. The fraction of sp³-hybridized carbons (Fsp3) is 0.389. The quantitative estimate of drug-likeness (QED) is 0.889. The van der Waals surface area contributed by atoms with Crippen LogP contribution in [0.4, 0.5) is 4.39 Å². The summed E-state index contributed by atoms with van der Waals surface area (Å²) < 4.78 is 19.0. The van der Waals surface area contributed by atoms with E-state index in [1.54, 1.807) is 19.9 Å². The van der Waals surface area contributed by atoms with Crippen molar-refractivity contribution in [2.24, 2.45) is 0 Å². The Morgan fingerprint density at radius 1 is 1.44 bits per heavy atom. The molecule has 1 aliphatic heterocycles. The molecule has 7 heteroatoms. The molecule has 1 atom stereocenters. The minimum absolute atomic E-state index is 0.132. The van der Waals surface area contributed by atoms with Crippen LogP contribution in [-0.4, -0.2) is 22.5 Å². The van der Waals surface area contributed by atoms with E-state index in [0.29, 0.717) is 36.5 Å². The van der Waals surface area contributed by atoms with Crippen molar-refractivity contribution in [1.29, 1.82) is 0 Å². The van der Waals surface area contributed by atoms with E-state index in [1.165, 1.54) is 12.1 Å². The summed E-state index contributed by atoms with van der Waals surface area (Å²) in [6, 6.07) is 4.07. The molecule has 3 rings (SSSR count). The average molecular weight is 345 g/mol. The van der Waals surface area contributed by atoms with Crippen LogP contribution in [0.5, 0.6) is 5.75 Å². The van der Waals surface area contributed by atoms with Crippen LogP contribution in [0.3, 0.4) is 0 Å². The largest absolute Gasteiger partial charge is 0.493 e. The molecular formula is C18H20FN3O3. The lowest BCUT2D eigenvalue weighted by Gasteiger charge is -2.26. The number of H-pyrrole nitrogens is 1. The van der Waals surface area contributed by atoms with E-state index >= 15 is 0 Å². The number of nitrogens with zero attached hydrogens (tertiary/aromatic N) is 1. The number of ether oxygens (including phenoxy) is 1. The summed E-state index contributed by atoms with van der Waals surface area (Å²) in [5.74, 6) is 0.121. The Hall–Kier alpha value is -2.70. The lowest BCUT2D eigenvalue weighted by Crippen LogP contribution is -2.32. The summed E-state index contributed by atoms with van der Waals surface area (Å²) in [4.78, 5) is 30.2. The summed E-state index contributed by atoms with van der Waals surface area (Å²) in [6.07, 6.45) is 1.34. The number of nitrogens with one attached hydrogen (secondary N) is 2. The number of fused-ring (bicyclic) bond motifs is 1. The zero-order valence-electron chi connectivity index (χ0n) is 14.2. The lowest BCUT2D eigenvalue weighted by molar-refractivity contribution is -0.122. The highest BCUT2D eigenvalue weighted by Gasteiger charge is 2.23. The standard InChI is InChI=1S/C18H20FN3O3/c1-10-13(11(2)21-18(24)20-10)4-6-17(23)22-15-7-8-25-16-5-3-12(19)9-14(15)16/h3,5,9,15H,4,6-8H2,1-2H3,(H,22,23)(H,20,21,24)/t15-/m0/s1. The van der Waals surface area contributed by atoms with Gasteiger partial charge in [-0.15, -0.1) is 0 Å². The van der Waals surface area contributed by atoms with E-state index < -0.39 is 0 Å². The average Bonchev–Trinajstić information content (AvgIpc) is 2.54. The Balaban J connectivity index is 1.67. The topological polar surface area (TPSA) is 84.1 Å². The van der Waals surface area contributed by atoms with Crippen molar-refractivity contribution in [3.8, 4) is 5.75 Å². The molecule has 1 amide bonds. The van der Waals surface area contributed by atoms with E-state index in [1.807, 2.05) is 0 Å². The summed E-state index contributed by atoms with van der Waals surface area (Å²) >= 11 is 0. The van der Waals surface area contributed by atoms with Crippen LogP contribution in [-0.2, 0) is 11.2 Å². The van der Waals surface area contributed by atoms with Crippen LogP contribution in [0.2, 0.25) is 0 Å². The SMILES string of the molecule is Cc1nc(=O)[nH]c(C)c1CCC(=O)N[C@H]1CCOc2ccc(F)cc21. The summed E-state index contributed by atoms with van der Waals surface area (Å²) in [5.41, 5.74) is 2.51. The third kappa shape index (κ3) is 3.87. The first-order valence-electron chi connectivity index (χ1n) is 8.22. The van der Waals surface area contributed by atoms with E-state index in [0.717, 1.165) is 11.3 Å². The van der Waals surface area contributed by atoms with Gasteiger partial charge in [0.05, 0.1) is 12.6 Å². The molecule has 0 aliphatic carbocycles. The van der Waals surface area contributed by atoms with Crippen molar-refractivity contribution >= 4 is 5.91 Å². The van der Waals surface area contributed by atoms with Crippen molar-refractivity contribution in [1.82, 2.24) is 15.3 Å². The fourth-order valence-electron chi connectivity index (χ4n) is 3.14. The first-order valence-corrected chi connectivity index (χ1v) is 8.22. The number of halogens is 1. The van der Waals surface area contributed by atoms with Gasteiger partial charge >= 0.3 is 5.69 Å². The maximum absolute atomic E-state index is 13.5. The Kier molecular flexibility index (Phi) is 4.83. The van der Waals surface area contributed by atoms with E-state index in [9.17, 15) is 14.0 Å². The number of aromatic amines is 1. The van der Waals surface area contributed by atoms with Gasteiger partial charge in [0, 0.05) is 29.8 Å². The minimum atomic E-state index is -0.385. The van der Waals surface area contributed by atoms with Crippen molar-refractivity contribution in [3.63, 3.8) is 0 Å². The molecule has 2 N–H and O–H groups in total. The van der Waals surface area contributed by atoms with Gasteiger partial charge in [-0.25, -0.2) is 9.18 Å². The third-order valence-corrected chi connectivity index (χ3v) is 4.40. The van der Waals surface area contributed by atoms with Crippen molar-refractivity contribution in [3.05, 3.63) is 57.0 Å². The summed E-state index contributed by atoms with van der Waals surface area (Å²) in [5, 5.41) is 2.94. The predicted octanol–water partition coefficient (Wildman–Crippen LogP) is 2.10. The van der Waals surface area contributed by atoms with Gasteiger partial charge < -0.3 is 15.0 Å². The van der Waals surface area contributed by atoms with Gasteiger partial charge in [0.15, 0.2) is 0 Å². The van der Waals surface area contributed by atoms with Crippen molar-refractivity contribution in [2.75, 3.05) is 6.61 Å². The second-order valence-corrected chi connectivity index (χ2v) is 6.17. The molecule has 0 saturated heterocycles. The first-order chi connectivity index (χ1) is 11.9. The fourth-order valence-corrected chi connectivity index (χ4v) is 3.14. The molecular weight excluding hydrogens is 325 g/mol. The maximum Gasteiger partial charge on any atom is 0.345 e. The van der Waals surface area contributed by atoms with Gasteiger partial charge in [-0.05, 0) is 44.0 Å². The number of benzene rings is 1. The van der Waals surface area contributed by atoms with E-state index in [4.69, 9.17) is 4.74 Å². The number of rotatable bonds is 4. The van der Waals surface area contributed by atoms with Crippen LogP contribution in [0.15, 0.2) is 23.0 Å². The highest BCUT2D eigenvalue weighted by Crippen LogP contribution is 2.32. The van der Waals surface area contributed by atoms with Crippen molar-refractivity contribution < 1.29 is 13.9 Å². The van der Waals surface area contributed by atoms with E-state index in [2.05, 4.69) is 15.3 Å². The molecule has 25 heavy (non-hydrogen) atoms. The summed E-state index contributed by atoms with van der Waals surface area (Å²) in [7, 11) is 0. The number of aromatic nitrogens is 2. The predicted molar refractivity (Wildman–Crippen MR) is 90.0 cm³/mol. The smallest absolute Gasteiger partial charge is 0.345 e. The Morgan fingerprint density at radius 2 is 2.24 bits per heavy atom. The highest BCUT2D eigenvalue weighted by molar-refractivity contribution is 5.77. The van der Waals surface area contributed by atoms with Crippen LogP contribution in [0.25, 0.3) is 0 Å². The number of carbonyl (C=O) groups is 1. The van der Waals surface area contributed by atoms with Crippen LogP contribution < -0.4 is 15.7 Å². The van der Waals surface area contributed by atoms with Crippen LogP contribution in [0, 0.1) is 19.7 Å². The molecule has 1 aromatic carbocycles. The Labute approximate surface area is 144 Å². The van der Waals surface area contributed by atoms with Crippen LogP contribution >= 0.6 is 0 Å². The number of hydrogen-bond donors (Lipinski definition) is 2. The van der Waals surface area contributed by atoms with Crippen molar-refractivity contribution in [2.45, 2.75) is 39.2 Å².